The summed E-state index contributed by atoms with van der Waals surface area (Å²) in [6, 6.07) is 4.12. The summed E-state index contributed by atoms with van der Waals surface area (Å²) in [7, 11) is 0. The molecule has 2 aliphatic rings. The zero-order valence-corrected chi connectivity index (χ0v) is 13.4. The Balaban J connectivity index is 1.52. The number of carbonyl (C=O) groups excluding carboxylic acids is 1. The highest BCUT2D eigenvalue weighted by Crippen LogP contribution is 2.22. The van der Waals surface area contributed by atoms with Crippen LogP contribution in [0.5, 0.6) is 0 Å². The van der Waals surface area contributed by atoms with Crippen LogP contribution >= 0.6 is 0 Å². The number of hydrogen-bond donors (Lipinski definition) is 1. The number of amides is 1. The first-order valence-electron chi connectivity index (χ1n) is 8.33. The molecule has 0 radical (unpaired) electrons. The first kappa shape index (κ1) is 15.4. The van der Waals surface area contributed by atoms with Crippen molar-refractivity contribution in [3.05, 3.63) is 30.1 Å². The second kappa shape index (κ2) is 6.75. The monoisotopic (exact) mass is 302 g/mol. The molecular weight excluding hydrogens is 276 g/mol. The molecule has 0 bridgehead atoms. The summed E-state index contributed by atoms with van der Waals surface area (Å²) in [5.74, 6) is 0.288. The highest BCUT2D eigenvalue weighted by molar-refractivity contribution is 5.86. The Morgan fingerprint density at radius 2 is 1.95 bits per heavy atom. The van der Waals surface area contributed by atoms with Crippen molar-refractivity contribution >= 4 is 5.91 Å². The van der Waals surface area contributed by atoms with Crippen LogP contribution in [-0.4, -0.2) is 59.0 Å². The van der Waals surface area contributed by atoms with E-state index in [-0.39, 0.29) is 11.4 Å². The normalized spacial score (nSPS) is 26.9. The van der Waals surface area contributed by atoms with Gasteiger partial charge in [-0.3, -0.25) is 14.7 Å². The third kappa shape index (κ3) is 3.47. The van der Waals surface area contributed by atoms with Gasteiger partial charge in [0.1, 0.15) is 0 Å². The molecule has 0 saturated carbocycles. The third-order valence-electron chi connectivity index (χ3n) is 4.91. The van der Waals surface area contributed by atoms with E-state index in [1.807, 2.05) is 17.3 Å². The van der Waals surface area contributed by atoms with E-state index in [4.69, 9.17) is 0 Å². The average Bonchev–Trinajstić information content (AvgIpc) is 2.56. The van der Waals surface area contributed by atoms with Crippen molar-refractivity contribution < 1.29 is 4.79 Å². The Morgan fingerprint density at radius 3 is 2.59 bits per heavy atom. The molecule has 120 valence electrons. The molecule has 0 aromatic carbocycles. The summed E-state index contributed by atoms with van der Waals surface area (Å²) in [5, 5.41) is 3.43. The number of carbonyl (C=O) groups is 1. The first-order valence-corrected chi connectivity index (χ1v) is 8.33. The molecule has 1 aromatic heterocycles. The number of rotatable bonds is 3. The lowest BCUT2D eigenvalue weighted by molar-refractivity contribution is -0.140. The highest BCUT2D eigenvalue weighted by Gasteiger charge is 2.38. The fraction of sp³-hybridized carbons (Fsp3) is 0.647. The lowest BCUT2D eigenvalue weighted by Gasteiger charge is -2.41. The smallest absolute Gasteiger partial charge is 0.242 e. The van der Waals surface area contributed by atoms with E-state index in [0.717, 1.165) is 52.1 Å². The molecule has 1 N–H and O–H groups in total. The third-order valence-corrected chi connectivity index (χ3v) is 4.91. The Bertz CT molecular complexity index is 491. The van der Waals surface area contributed by atoms with Crippen LogP contribution in [0.4, 0.5) is 0 Å². The van der Waals surface area contributed by atoms with Crippen LogP contribution in [0.25, 0.3) is 0 Å². The largest absolute Gasteiger partial charge is 0.339 e. The van der Waals surface area contributed by atoms with Gasteiger partial charge in [-0.15, -0.1) is 0 Å². The standard InChI is InChI=1S/C17H26N4O/c1-17(6-2-3-7-19-17)16(22)21-12-10-20(11-13-21)14-15-4-8-18-9-5-15/h4-5,8-9,19H,2-3,6-7,10-14H2,1H3. The van der Waals surface area contributed by atoms with Gasteiger partial charge in [-0.25, -0.2) is 0 Å². The quantitative estimate of drug-likeness (QED) is 0.913. The van der Waals surface area contributed by atoms with Crippen LogP contribution in [-0.2, 0) is 11.3 Å². The van der Waals surface area contributed by atoms with Gasteiger partial charge in [-0.05, 0) is 50.4 Å². The lowest BCUT2D eigenvalue weighted by Crippen LogP contribution is -2.61. The fourth-order valence-electron chi connectivity index (χ4n) is 3.44. The zero-order valence-electron chi connectivity index (χ0n) is 13.4. The SMILES string of the molecule is CC1(C(=O)N2CCN(Cc3ccncc3)CC2)CCCCN1. The summed E-state index contributed by atoms with van der Waals surface area (Å²) in [6.45, 7) is 7.54. The van der Waals surface area contributed by atoms with Crippen molar-refractivity contribution in [2.45, 2.75) is 38.3 Å². The van der Waals surface area contributed by atoms with Crippen molar-refractivity contribution in [2.75, 3.05) is 32.7 Å². The van der Waals surface area contributed by atoms with Crippen LogP contribution in [0.2, 0.25) is 0 Å². The predicted molar refractivity (Wildman–Crippen MR) is 86.4 cm³/mol. The summed E-state index contributed by atoms with van der Waals surface area (Å²) >= 11 is 0. The van der Waals surface area contributed by atoms with Gasteiger partial charge in [0.15, 0.2) is 0 Å². The van der Waals surface area contributed by atoms with Gasteiger partial charge in [0, 0.05) is 45.1 Å². The lowest BCUT2D eigenvalue weighted by atomic mass is 9.89. The second-order valence-electron chi connectivity index (χ2n) is 6.64. The van der Waals surface area contributed by atoms with Crippen LogP contribution in [0, 0.1) is 0 Å². The van der Waals surface area contributed by atoms with Gasteiger partial charge in [-0.2, -0.15) is 0 Å². The van der Waals surface area contributed by atoms with Gasteiger partial charge >= 0.3 is 0 Å². The van der Waals surface area contributed by atoms with Gasteiger partial charge in [0.25, 0.3) is 0 Å². The van der Waals surface area contributed by atoms with Crippen LogP contribution < -0.4 is 5.32 Å². The number of piperidine rings is 1. The van der Waals surface area contributed by atoms with Gasteiger partial charge in [0.2, 0.25) is 5.91 Å². The van der Waals surface area contributed by atoms with E-state index >= 15 is 0 Å². The van der Waals surface area contributed by atoms with E-state index in [2.05, 4.69) is 34.3 Å². The van der Waals surface area contributed by atoms with E-state index in [1.165, 1.54) is 12.0 Å². The zero-order chi connectivity index (χ0) is 15.4. The van der Waals surface area contributed by atoms with E-state index in [1.54, 1.807) is 0 Å². The molecule has 5 heteroatoms. The maximum atomic E-state index is 12.8. The first-order chi connectivity index (χ1) is 10.7. The highest BCUT2D eigenvalue weighted by atomic mass is 16.2. The summed E-state index contributed by atoms with van der Waals surface area (Å²) in [5.41, 5.74) is 0.946. The minimum atomic E-state index is -0.342. The number of aromatic nitrogens is 1. The Hall–Kier alpha value is -1.46. The molecule has 1 atom stereocenters. The molecule has 1 unspecified atom stereocenters. The maximum Gasteiger partial charge on any atom is 0.242 e. The molecule has 1 amide bonds. The molecule has 22 heavy (non-hydrogen) atoms. The Kier molecular flexibility index (Phi) is 4.74. The number of nitrogens with one attached hydrogen (secondary N) is 1. The Labute approximate surface area is 132 Å². The minimum Gasteiger partial charge on any atom is -0.339 e. The van der Waals surface area contributed by atoms with Crippen LogP contribution in [0.3, 0.4) is 0 Å². The number of hydrogen-bond acceptors (Lipinski definition) is 4. The molecule has 3 heterocycles. The van der Waals surface area contributed by atoms with Crippen LogP contribution in [0.15, 0.2) is 24.5 Å². The van der Waals surface area contributed by atoms with E-state index < -0.39 is 0 Å². The average molecular weight is 302 g/mol. The molecule has 0 aliphatic carbocycles. The fourth-order valence-corrected chi connectivity index (χ4v) is 3.44. The van der Waals surface area contributed by atoms with Crippen molar-refractivity contribution in [1.82, 2.24) is 20.1 Å². The molecule has 1 aromatic rings. The molecule has 3 rings (SSSR count). The van der Waals surface area contributed by atoms with Crippen molar-refractivity contribution in [2.24, 2.45) is 0 Å². The summed E-state index contributed by atoms with van der Waals surface area (Å²) < 4.78 is 0. The minimum absolute atomic E-state index is 0.288. The number of pyridine rings is 1. The summed E-state index contributed by atoms with van der Waals surface area (Å²) in [4.78, 5) is 21.3. The molecule has 2 fully saturated rings. The van der Waals surface area contributed by atoms with Gasteiger partial charge in [0.05, 0.1) is 5.54 Å². The van der Waals surface area contributed by atoms with Crippen LogP contribution in [0.1, 0.15) is 31.7 Å². The molecular formula is C17H26N4O. The Morgan fingerprint density at radius 1 is 1.23 bits per heavy atom. The number of piperazine rings is 1. The number of nitrogens with zero attached hydrogens (tertiary/aromatic N) is 3. The molecule has 2 aliphatic heterocycles. The second-order valence-corrected chi connectivity index (χ2v) is 6.64. The van der Waals surface area contributed by atoms with Crippen molar-refractivity contribution in [1.29, 1.82) is 0 Å². The molecule has 5 nitrogen and oxygen atoms in total. The molecule has 2 saturated heterocycles. The summed E-state index contributed by atoms with van der Waals surface area (Å²) in [6.07, 6.45) is 6.97. The predicted octanol–water partition coefficient (Wildman–Crippen LogP) is 1.26. The van der Waals surface area contributed by atoms with Crippen molar-refractivity contribution in [3.63, 3.8) is 0 Å². The molecule has 0 spiro atoms. The van der Waals surface area contributed by atoms with Gasteiger partial charge < -0.3 is 10.2 Å². The maximum absolute atomic E-state index is 12.8. The van der Waals surface area contributed by atoms with Crippen molar-refractivity contribution in [3.8, 4) is 0 Å². The topological polar surface area (TPSA) is 48.5 Å². The van der Waals surface area contributed by atoms with Gasteiger partial charge in [-0.1, -0.05) is 0 Å². The van der Waals surface area contributed by atoms with E-state index in [9.17, 15) is 4.79 Å². The van der Waals surface area contributed by atoms with E-state index in [0.29, 0.717) is 0 Å².